The monoisotopic (exact) mass is 294 g/mol. The van der Waals surface area contributed by atoms with Gasteiger partial charge in [0.2, 0.25) is 0 Å². The molecule has 1 aromatic rings. The minimum absolute atomic E-state index is 0.0882. The van der Waals surface area contributed by atoms with Crippen molar-refractivity contribution in [1.29, 1.82) is 0 Å². The first-order valence-electron chi connectivity index (χ1n) is 7.34. The number of anilines is 1. The van der Waals surface area contributed by atoms with E-state index in [4.69, 9.17) is 4.74 Å². The molecule has 1 aliphatic carbocycles. The summed E-state index contributed by atoms with van der Waals surface area (Å²) in [5.41, 5.74) is -0.0916. The van der Waals surface area contributed by atoms with E-state index in [9.17, 15) is 10.1 Å². The molecule has 0 spiro atoms. The maximum Gasteiger partial charge on any atom is 0.331 e. The van der Waals surface area contributed by atoms with Crippen molar-refractivity contribution in [2.45, 2.75) is 32.2 Å². The van der Waals surface area contributed by atoms with Crippen LogP contribution < -0.4 is 10.1 Å². The Labute approximate surface area is 124 Å². The van der Waals surface area contributed by atoms with Crippen molar-refractivity contribution in [1.82, 2.24) is 9.88 Å². The van der Waals surface area contributed by atoms with Gasteiger partial charge in [-0.2, -0.15) is 4.98 Å². The molecule has 21 heavy (non-hydrogen) atoms. The first kappa shape index (κ1) is 15.5. The van der Waals surface area contributed by atoms with Gasteiger partial charge in [0.25, 0.3) is 5.88 Å². The maximum atomic E-state index is 11.0. The average Bonchev–Trinajstić information content (AvgIpc) is 3.29. The van der Waals surface area contributed by atoms with E-state index >= 15 is 0 Å². The van der Waals surface area contributed by atoms with Crippen molar-refractivity contribution in [3.8, 4) is 5.88 Å². The normalized spacial score (nSPS) is 14.2. The molecule has 0 amide bonds. The number of nitrogens with one attached hydrogen (secondary N) is 1. The number of likely N-dealkylation sites (N-methyl/N-ethyl adjacent to an activating group) is 1. The third-order valence-corrected chi connectivity index (χ3v) is 3.45. The Bertz CT molecular complexity index is 491. The Morgan fingerprint density at radius 2 is 2.29 bits per heavy atom. The fourth-order valence-corrected chi connectivity index (χ4v) is 2.01. The summed E-state index contributed by atoms with van der Waals surface area (Å²) in [6, 6.07) is 3.69. The first-order valence-corrected chi connectivity index (χ1v) is 7.34. The second-order valence-electron chi connectivity index (χ2n) is 5.26. The summed E-state index contributed by atoms with van der Waals surface area (Å²) >= 11 is 0. The summed E-state index contributed by atoms with van der Waals surface area (Å²) in [4.78, 5) is 17.0. The van der Waals surface area contributed by atoms with Crippen molar-refractivity contribution in [2.75, 3.05) is 32.1 Å². The Hall–Kier alpha value is -1.89. The van der Waals surface area contributed by atoms with Crippen molar-refractivity contribution < 1.29 is 9.66 Å². The van der Waals surface area contributed by atoms with Crippen LogP contribution in [-0.4, -0.2) is 47.6 Å². The molecule has 1 saturated carbocycles. The highest BCUT2D eigenvalue weighted by molar-refractivity contribution is 5.49. The van der Waals surface area contributed by atoms with Gasteiger partial charge < -0.3 is 15.0 Å². The third kappa shape index (κ3) is 4.56. The third-order valence-electron chi connectivity index (χ3n) is 3.45. The Balaban J connectivity index is 1.97. The van der Waals surface area contributed by atoms with Gasteiger partial charge in [-0.15, -0.1) is 0 Å². The molecule has 1 aliphatic rings. The van der Waals surface area contributed by atoms with Crippen LogP contribution >= 0.6 is 0 Å². The summed E-state index contributed by atoms with van der Waals surface area (Å²) in [5, 5.41) is 14.1. The highest BCUT2D eigenvalue weighted by Gasteiger charge is 2.26. The van der Waals surface area contributed by atoms with Crippen LogP contribution in [0.4, 0.5) is 11.5 Å². The Morgan fingerprint density at radius 3 is 2.90 bits per heavy atom. The largest absolute Gasteiger partial charge is 0.471 e. The molecule has 7 nitrogen and oxygen atoms in total. The van der Waals surface area contributed by atoms with Crippen molar-refractivity contribution in [2.24, 2.45) is 0 Å². The van der Waals surface area contributed by atoms with Gasteiger partial charge in [0.1, 0.15) is 12.4 Å². The Kier molecular flexibility index (Phi) is 5.32. The van der Waals surface area contributed by atoms with Gasteiger partial charge in [-0.05, 0) is 32.4 Å². The molecule has 1 fully saturated rings. The molecule has 0 unspecified atom stereocenters. The topological polar surface area (TPSA) is 80.5 Å². The van der Waals surface area contributed by atoms with E-state index in [1.165, 1.54) is 18.9 Å². The number of ether oxygens (including phenoxy) is 1. The molecule has 0 aliphatic heterocycles. The van der Waals surface area contributed by atoms with Crippen LogP contribution in [0.3, 0.4) is 0 Å². The molecule has 1 heterocycles. The molecule has 0 aromatic carbocycles. The van der Waals surface area contributed by atoms with Crippen LogP contribution in [0.1, 0.15) is 26.2 Å². The van der Waals surface area contributed by atoms with Gasteiger partial charge in [0, 0.05) is 25.2 Å². The quantitative estimate of drug-likeness (QED) is 0.556. The highest BCUT2D eigenvalue weighted by atomic mass is 16.6. The fourth-order valence-electron chi connectivity index (χ4n) is 2.01. The summed E-state index contributed by atoms with van der Waals surface area (Å²) in [6.45, 7) is 3.96. The number of pyridine rings is 1. The van der Waals surface area contributed by atoms with E-state index in [-0.39, 0.29) is 11.6 Å². The molecule has 2 rings (SSSR count). The van der Waals surface area contributed by atoms with Crippen molar-refractivity contribution >= 4 is 11.5 Å². The van der Waals surface area contributed by atoms with E-state index < -0.39 is 4.92 Å². The number of nitro groups is 1. The second kappa shape index (κ2) is 7.21. The zero-order valence-electron chi connectivity index (χ0n) is 12.5. The average molecular weight is 294 g/mol. The van der Waals surface area contributed by atoms with E-state index in [2.05, 4.69) is 15.2 Å². The lowest BCUT2D eigenvalue weighted by Crippen LogP contribution is -2.26. The summed E-state index contributed by atoms with van der Waals surface area (Å²) in [5.74, 6) is 0.693. The van der Waals surface area contributed by atoms with Gasteiger partial charge in [0.05, 0.1) is 4.92 Å². The van der Waals surface area contributed by atoms with E-state index in [0.29, 0.717) is 18.5 Å². The van der Waals surface area contributed by atoms with Gasteiger partial charge in [-0.25, -0.2) is 0 Å². The molecular weight excluding hydrogens is 272 g/mol. The summed E-state index contributed by atoms with van der Waals surface area (Å²) in [6.07, 6.45) is 3.41. The molecule has 0 saturated heterocycles. The van der Waals surface area contributed by atoms with Crippen LogP contribution in [0.5, 0.6) is 5.88 Å². The summed E-state index contributed by atoms with van der Waals surface area (Å²) in [7, 11) is 2.04. The lowest BCUT2D eigenvalue weighted by Gasteiger charge is -2.15. The van der Waals surface area contributed by atoms with Gasteiger partial charge in [-0.1, -0.05) is 6.92 Å². The van der Waals surface area contributed by atoms with Gasteiger partial charge in [-0.3, -0.25) is 10.1 Å². The zero-order chi connectivity index (χ0) is 15.2. The smallest absolute Gasteiger partial charge is 0.331 e. The highest BCUT2D eigenvalue weighted by Crippen LogP contribution is 2.27. The predicted octanol–water partition coefficient (Wildman–Crippen LogP) is 2.28. The maximum absolute atomic E-state index is 11.0. The molecule has 0 atom stereocenters. The molecule has 1 N–H and O–H groups in total. The van der Waals surface area contributed by atoms with Gasteiger partial charge in [0.15, 0.2) is 0 Å². The molecule has 0 radical (unpaired) electrons. The number of aromatic nitrogens is 1. The number of hydrogen-bond donors (Lipinski definition) is 1. The standard InChI is InChI=1S/C14H22N4O3/c1-3-8-15-13-7-6-12(18(19)20)14(16-13)21-10-9-17(2)11-4-5-11/h6-7,11H,3-5,8-10H2,1-2H3,(H,15,16). The van der Waals surface area contributed by atoms with Crippen LogP contribution in [0.15, 0.2) is 12.1 Å². The number of nitrogens with zero attached hydrogens (tertiary/aromatic N) is 3. The van der Waals surface area contributed by atoms with E-state index in [0.717, 1.165) is 19.5 Å². The molecular formula is C14H22N4O3. The molecule has 1 aromatic heterocycles. The van der Waals surface area contributed by atoms with Gasteiger partial charge >= 0.3 is 5.69 Å². The summed E-state index contributed by atoms with van der Waals surface area (Å²) < 4.78 is 5.53. The van der Waals surface area contributed by atoms with E-state index in [1.807, 2.05) is 14.0 Å². The first-order chi connectivity index (χ1) is 10.1. The molecule has 116 valence electrons. The zero-order valence-corrected chi connectivity index (χ0v) is 12.5. The van der Waals surface area contributed by atoms with E-state index in [1.54, 1.807) is 6.07 Å². The van der Waals surface area contributed by atoms with Crippen LogP contribution in [-0.2, 0) is 0 Å². The Morgan fingerprint density at radius 1 is 1.52 bits per heavy atom. The van der Waals surface area contributed by atoms with Crippen LogP contribution in [0.25, 0.3) is 0 Å². The SMILES string of the molecule is CCCNc1ccc([N+](=O)[O-])c(OCCN(C)C2CC2)n1. The number of rotatable bonds is 9. The minimum atomic E-state index is -0.462. The lowest BCUT2D eigenvalue weighted by molar-refractivity contribution is -0.386. The van der Waals surface area contributed by atoms with Crippen LogP contribution in [0.2, 0.25) is 0 Å². The fraction of sp³-hybridized carbons (Fsp3) is 0.643. The minimum Gasteiger partial charge on any atom is -0.471 e. The lowest BCUT2D eigenvalue weighted by atomic mass is 10.4. The number of hydrogen-bond acceptors (Lipinski definition) is 6. The predicted molar refractivity (Wildman–Crippen MR) is 80.8 cm³/mol. The molecule has 7 heteroatoms. The van der Waals surface area contributed by atoms with Crippen LogP contribution in [0, 0.1) is 10.1 Å². The molecule has 0 bridgehead atoms. The van der Waals surface area contributed by atoms with Crippen molar-refractivity contribution in [3.05, 3.63) is 22.2 Å². The second-order valence-corrected chi connectivity index (χ2v) is 5.26. The van der Waals surface area contributed by atoms with Crippen molar-refractivity contribution in [3.63, 3.8) is 0 Å².